The second-order valence-electron chi connectivity index (χ2n) is 5.56. The van der Waals surface area contributed by atoms with Crippen LogP contribution in [0.1, 0.15) is 37.0 Å². The van der Waals surface area contributed by atoms with Crippen LogP contribution in [-0.4, -0.2) is 30.1 Å². The standard InChI is InChI=1S/C17H21NO3/c1-3-8-21-15-6-4-5-14-16(15)13(10-18-14)17(19)12-7-9-20-11(12)2/h4-6,10-12,18H,3,7-9H2,1-2H3. The first-order valence-electron chi connectivity index (χ1n) is 7.61. The van der Waals surface area contributed by atoms with E-state index < -0.39 is 0 Å². The minimum Gasteiger partial charge on any atom is -0.493 e. The Balaban J connectivity index is 2.00. The molecule has 1 aliphatic heterocycles. The number of rotatable bonds is 5. The molecule has 21 heavy (non-hydrogen) atoms. The quantitative estimate of drug-likeness (QED) is 0.855. The second-order valence-corrected chi connectivity index (χ2v) is 5.56. The van der Waals surface area contributed by atoms with Crippen molar-refractivity contribution in [3.63, 3.8) is 0 Å². The number of carbonyl (C=O) groups excluding carboxylic acids is 1. The molecule has 0 aliphatic carbocycles. The molecule has 1 aromatic carbocycles. The molecule has 2 aromatic rings. The van der Waals surface area contributed by atoms with Gasteiger partial charge in [0.1, 0.15) is 5.75 Å². The van der Waals surface area contributed by atoms with Crippen LogP contribution in [0, 0.1) is 5.92 Å². The molecule has 0 spiro atoms. The lowest BCUT2D eigenvalue weighted by Gasteiger charge is -2.13. The molecular weight excluding hydrogens is 266 g/mol. The van der Waals surface area contributed by atoms with E-state index in [0.29, 0.717) is 13.2 Å². The third-order valence-electron chi connectivity index (χ3n) is 4.11. The Morgan fingerprint density at radius 1 is 1.48 bits per heavy atom. The lowest BCUT2D eigenvalue weighted by atomic mass is 9.92. The highest BCUT2D eigenvalue weighted by Crippen LogP contribution is 2.33. The Labute approximate surface area is 124 Å². The topological polar surface area (TPSA) is 51.3 Å². The number of Topliss-reactive ketones (excluding diaryl/α,β-unsaturated/α-hetero) is 1. The van der Waals surface area contributed by atoms with E-state index >= 15 is 0 Å². The molecule has 112 valence electrons. The number of hydrogen-bond acceptors (Lipinski definition) is 3. The van der Waals surface area contributed by atoms with E-state index in [1.54, 1.807) is 6.20 Å². The number of carbonyl (C=O) groups is 1. The molecule has 1 saturated heterocycles. The van der Waals surface area contributed by atoms with E-state index in [1.165, 1.54) is 0 Å². The summed E-state index contributed by atoms with van der Waals surface area (Å²) in [5.74, 6) is 0.882. The third-order valence-corrected chi connectivity index (χ3v) is 4.11. The number of ether oxygens (including phenoxy) is 2. The molecule has 1 aromatic heterocycles. The van der Waals surface area contributed by atoms with Crippen LogP contribution < -0.4 is 4.74 Å². The molecule has 2 unspecified atom stereocenters. The molecule has 1 aliphatic rings. The van der Waals surface area contributed by atoms with E-state index in [0.717, 1.165) is 35.1 Å². The van der Waals surface area contributed by atoms with Crippen molar-refractivity contribution >= 4 is 16.7 Å². The zero-order valence-corrected chi connectivity index (χ0v) is 12.5. The van der Waals surface area contributed by atoms with Crippen molar-refractivity contribution in [1.29, 1.82) is 0 Å². The number of benzene rings is 1. The number of aromatic amines is 1. The molecule has 0 saturated carbocycles. The summed E-state index contributed by atoms with van der Waals surface area (Å²) >= 11 is 0. The Bertz CT molecular complexity index is 647. The average Bonchev–Trinajstić information content (AvgIpc) is 3.10. The predicted octanol–water partition coefficient (Wildman–Crippen LogP) is 3.56. The van der Waals surface area contributed by atoms with Crippen LogP contribution in [0.5, 0.6) is 5.75 Å². The average molecular weight is 287 g/mol. The molecule has 0 amide bonds. The fourth-order valence-electron chi connectivity index (χ4n) is 2.95. The fraction of sp³-hybridized carbons (Fsp3) is 0.471. The van der Waals surface area contributed by atoms with Gasteiger partial charge >= 0.3 is 0 Å². The zero-order chi connectivity index (χ0) is 14.8. The fourth-order valence-corrected chi connectivity index (χ4v) is 2.95. The summed E-state index contributed by atoms with van der Waals surface area (Å²) in [4.78, 5) is 16.0. The third kappa shape index (κ3) is 2.56. The van der Waals surface area contributed by atoms with Gasteiger partial charge in [-0.15, -0.1) is 0 Å². The normalized spacial score (nSPS) is 21.8. The van der Waals surface area contributed by atoms with Crippen LogP contribution in [0.25, 0.3) is 10.9 Å². The van der Waals surface area contributed by atoms with Crippen molar-refractivity contribution in [3.05, 3.63) is 30.0 Å². The van der Waals surface area contributed by atoms with Crippen molar-refractivity contribution in [3.8, 4) is 5.75 Å². The Morgan fingerprint density at radius 3 is 3.05 bits per heavy atom. The highest BCUT2D eigenvalue weighted by molar-refractivity contribution is 6.11. The molecular formula is C17H21NO3. The summed E-state index contributed by atoms with van der Waals surface area (Å²) in [6.07, 6.45) is 3.53. The SMILES string of the molecule is CCCOc1cccc2[nH]cc(C(=O)C3CCOC3C)c12. The Hall–Kier alpha value is -1.81. The molecule has 0 radical (unpaired) electrons. The minimum atomic E-state index is -0.0526. The van der Waals surface area contributed by atoms with Gasteiger partial charge in [-0.05, 0) is 31.9 Å². The number of nitrogens with one attached hydrogen (secondary N) is 1. The van der Waals surface area contributed by atoms with Crippen molar-refractivity contribution in [2.45, 2.75) is 32.8 Å². The molecule has 0 bridgehead atoms. The van der Waals surface area contributed by atoms with E-state index in [9.17, 15) is 4.79 Å². The number of ketones is 1. The second kappa shape index (κ2) is 5.90. The molecule has 2 atom stereocenters. The van der Waals surface area contributed by atoms with Gasteiger partial charge in [0.25, 0.3) is 0 Å². The summed E-state index contributed by atoms with van der Waals surface area (Å²) in [5, 5.41) is 0.898. The Kier molecular flexibility index (Phi) is 3.97. The maximum absolute atomic E-state index is 12.8. The van der Waals surface area contributed by atoms with Crippen LogP contribution in [0.2, 0.25) is 0 Å². The molecule has 3 rings (SSSR count). The number of aromatic nitrogens is 1. The van der Waals surface area contributed by atoms with Gasteiger partial charge in [-0.25, -0.2) is 0 Å². The van der Waals surface area contributed by atoms with Gasteiger partial charge in [0, 0.05) is 23.9 Å². The summed E-state index contributed by atoms with van der Waals surface area (Å²) in [5.41, 5.74) is 1.66. The van der Waals surface area contributed by atoms with Crippen LogP contribution in [0.4, 0.5) is 0 Å². The summed E-state index contributed by atoms with van der Waals surface area (Å²) in [6.45, 7) is 5.36. The van der Waals surface area contributed by atoms with E-state index in [2.05, 4.69) is 11.9 Å². The van der Waals surface area contributed by atoms with Crippen LogP contribution >= 0.6 is 0 Å². The maximum atomic E-state index is 12.8. The predicted molar refractivity (Wildman–Crippen MR) is 81.9 cm³/mol. The van der Waals surface area contributed by atoms with Crippen LogP contribution in [-0.2, 0) is 4.74 Å². The summed E-state index contributed by atoms with van der Waals surface area (Å²) in [6, 6.07) is 5.84. The number of hydrogen-bond donors (Lipinski definition) is 1. The molecule has 2 heterocycles. The number of fused-ring (bicyclic) bond motifs is 1. The lowest BCUT2D eigenvalue weighted by Crippen LogP contribution is -2.21. The van der Waals surface area contributed by atoms with Gasteiger partial charge in [-0.3, -0.25) is 4.79 Å². The van der Waals surface area contributed by atoms with Crippen molar-refractivity contribution in [1.82, 2.24) is 4.98 Å². The summed E-state index contributed by atoms with van der Waals surface area (Å²) in [7, 11) is 0. The van der Waals surface area contributed by atoms with Gasteiger partial charge < -0.3 is 14.5 Å². The van der Waals surface area contributed by atoms with Crippen molar-refractivity contribution < 1.29 is 14.3 Å². The minimum absolute atomic E-state index is 0.00817. The van der Waals surface area contributed by atoms with Crippen LogP contribution in [0.15, 0.2) is 24.4 Å². The largest absolute Gasteiger partial charge is 0.493 e. The molecule has 1 N–H and O–H groups in total. The van der Waals surface area contributed by atoms with E-state index in [-0.39, 0.29) is 17.8 Å². The molecule has 4 heteroatoms. The monoisotopic (exact) mass is 287 g/mol. The maximum Gasteiger partial charge on any atom is 0.170 e. The first kappa shape index (κ1) is 14.1. The van der Waals surface area contributed by atoms with E-state index in [4.69, 9.17) is 9.47 Å². The van der Waals surface area contributed by atoms with Gasteiger partial charge in [0.05, 0.1) is 24.0 Å². The van der Waals surface area contributed by atoms with Crippen molar-refractivity contribution in [2.75, 3.05) is 13.2 Å². The first-order valence-corrected chi connectivity index (χ1v) is 7.61. The summed E-state index contributed by atoms with van der Waals surface area (Å²) < 4.78 is 11.3. The van der Waals surface area contributed by atoms with Crippen LogP contribution in [0.3, 0.4) is 0 Å². The molecule has 1 fully saturated rings. The van der Waals surface area contributed by atoms with Gasteiger partial charge in [0.15, 0.2) is 5.78 Å². The lowest BCUT2D eigenvalue weighted by molar-refractivity contribution is 0.0765. The van der Waals surface area contributed by atoms with Crippen molar-refractivity contribution in [2.24, 2.45) is 5.92 Å². The highest BCUT2D eigenvalue weighted by atomic mass is 16.5. The Morgan fingerprint density at radius 2 is 2.33 bits per heavy atom. The zero-order valence-electron chi connectivity index (χ0n) is 12.5. The van der Waals surface area contributed by atoms with E-state index in [1.807, 2.05) is 25.1 Å². The van der Waals surface area contributed by atoms with Gasteiger partial charge in [0.2, 0.25) is 0 Å². The molecule has 4 nitrogen and oxygen atoms in total. The highest BCUT2D eigenvalue weighted by Gasteiger charge is 2.33. The number of H-pyrrole nitrogens is 1. The first-order chi connectivity index (χ1) is 10.2. The van der Waals surface area contributed by atoms with Gasteiger partial charge in [-0.2, -0.15) is 0 Å². The van der Waals surface area contributed by atoms with Gasteiger partial charge in [-0.1, -0.05) is 13.0 Å². The smallest absolute Gasteiger partial charge is 0.170 e.